The van der Waals surface area contributed by atoms with E-state index in [4.69, 9.17) is 9.47 Å². The molecule has 0 radical (unpaired) electrons. The molecule has 0 unspecified atom stereocenters. The van der Waals surface area contributed by atoms with Crippen LogP contribution in [0.4, 0.5) is 5.13 Å². The Labute approximate surface area is 179 Å². The number of aromatic nitrogens is 1. The van der Waals surface area contributed by atoms with E-state index in [-0.39, 0.29) is 4.90 Å². The Kier molecular flexibility index (Phi) is 6.70. The van der Waals surface area contributed by atoms with Crippen molar-refractivity contribution in [3.8, 4) is 22.8 Å². The SMILES string of the molecule is COc1ccc(/C=N/Nc2nc(-c3cccc(S(=O)(=O)N(C)C)c3)cs2)cc1OC. The Balaban J connectivity index is 1.74. The zero-order valence-electron chi connectivity index (χ0n) is 17.0. The number of nitrogens with zero attached hydrogens (tertiary/aromatic N) is 3. The Morgan fingerprint density at radius 3 is 2.57 bits per heavy atom. The maximum absolute atomic E-state index is 12.3. The van der Waals surface area contributed by atoms with Crippen molar-refractivity contribution in [1.82, 2.24) is 9.29 Å². The summed E-state index contributed by atoms with van der Waals surface area (Å²) in [5.41, 5.74) is 5.10. The first-order valence-electron chi connectivity index (χ1n) is 8.84. The second-order valence-electron chi connectivity index (χ2n) is 6.34. The van der Waals surface area contributed by atoms with Crippen LogP contribution in [0.1, 0.15) is 5.56 Å². The van der Waals surface area contributed by atoms with Crippen LogP contribution in [0.2, 0.25) is 0 Å². The number of ether oxygens (including phenoxy) is 2. The summed E-state index contributed by atoms with van der Waals surface area (Å²) in [6, 6.07) is 12.2. The van der Waals surface area contributed by atoms with Crippen molar-refractivity contribution in [2.45, 2.75) is 4.90 Å². The normalized spacial score (nSPS) is 11.8. The number of benzene rings is 2. The fourth-order valence-corrected chi connectivity index (χ4v) is 4.20. The van der Waals surface area contributed by atoms with E-state index in [2.05, 4.69) is 15.5 Å². The molecule has 158 valence electrons. The van der Waals surface area contributed by atoms with Crippen molar-refractivity contribution in [2.24, 2.45) is 5.10 Å². The predicted molar refractivity (Wildman–Crippen MR) is 119 cm³/mol. The van der Waals surface area contributed by atoms with Gasteiger partial charge in [0.25, 0.3) is 0 Å². The molecule has 0 aliphatic rings. The highest BCUT2D eigenvalue weighted by atomic mass is 32.2. The summed E-state index contributed by atoms with van der Waals surface area (Å²) < 4.78 is 36.4. The molecule has 10 heteroatoms. The van der Waals surface area contributed by atoms with Gasteiger partial charge in [0, 0.05) is 25.0 Å². The number of anilines is 1. The molecule has 0 bridgehead atoms. The Hall–Kier alpha value is -2.95. The number of thiazole rings is 1. The lowest BCUT2D eigenvalue weighted by Gasteiger charge is -2.11. The van der Waals surface area contributed by atoms with Crippen LogP contribution in [0, 0.1) is 0 Å². The second-order valence-corrected chi connectivity index (χ2v) is 9.35. The van der Waals surface area contributed by atoms with Crippen LogP contribution in [0.3, 0.4) is 0 Å². The first-order chi connectivity index (χ1) is 14.3. The van der Waals surface area contributed by atoms with Crippen molar-refractivity contribution >= 4 is 32.7 Å². The third kappa shape index (κ3) is 4.78. The van der Waals surface area contributed by atoms with Crippen molar-refractivity contribution in [2.75, 3.05) is 33.7 Å². The predicted octanol–water partition coefficient (Wildman–Crippen LogP) is 3.52. The van der Waals surface area contributed by atoms with Crippen LogP contribution >= 0.6 is 11.3 Å². The van der Waals surface area contributed by atoms with Crippen molar-refractivity contribution < 1.29 is 17.9 Å². The Bertz CT molecular complexity index is 1160. The zero-order chi connectivity index (χ0) is 21.7. The molecule has 0 aliphatic heterocycles. The van der Waals surface area contributed by atoms with Gasteiger partial charge in [-0.05, 0) is 35.9 Å². The second kappa shape index (κ2) is 9.24. The van der Waals surface area contributed by atoms with Crippen LogP contribution in [0.5, 0.6) is 11.5 Å². The molecule has 0 saturated heterocycles. The molecule has 1 N–H and O–H groups in total. The van der Waals surface area contributed by atoms with Gasteiger partial charge in [0.2, 0.25) is 15.2 Å². The van der Waals surface area contributed by atoms with E-state index in [9.17, 15) is 8.42 Å². The molecule has 1 heterocycles. The minimum atomic E-state index is -3.51. The highest BCUT2D eigenvalue weighted by Gasteiger charge is 2.18. The van der Waals surface area contributed by atoms with E-state index in [1.54, 1.807) is 44.7 Å². The van der Waals surface area contributed by atoms with Gasteiger partial charge in [-0.25, -0.2) is 17.7 Å². The summed E-state index contributed by atoms with van der Waals surface area (Å²) in [5.74, 6) is 1.26. The topological polar surface area (TPSA) is 93.1 Å². The van der Waals surface area contributed by atoms with Gasteiger partial charge in [-0.1, -0.05) is 12.1 Å². The molecule has 1 aromatic heterocycles. The molecule has 3 rings (SSSR count). The van der Waals surface area contributed by atoms with E-state index in [0.717, 1.165) is 5.56 Å². The lowest BCUT2D eigenvalue weighted by molar-refractivity contribution is 0.355. The third-order valence-electron chi connectivity index (χ3n) is 4.19. The van der Waals surface area contributed by atoms with Crippen LogP contribution in [-0.4, -0.2) is 52.2 Å². The van der Waals surface area contributed by atoms with Crippen LogP contribution < -0.4 is 14.9 Å². The van der Waals surface area contributed by atoms with Crippen molar-refractivity contribution in [3.63, 3.8) is 0 Å². The minimum absolute atomic E-state index is 0.221. The minimum Gasteiger partial charge on any atom is -0.493 e. The molecule has 0 saturated carbocycles. The van der Waals surface area contributed by atoms with Gasteiger partial charge >= 0.3 is 0 Å². The quantitative estimate of drug-likeness (QED) is 0.420. The fourth-order valence-electron chi connectivity index (χ4n) is 2.58. The number of hydrogen-bond donors (Lipinski definition) is 1. The third-order valence-corrected chi connectivity index (χ3v) is 6.75. The summed E-state index contributed by atoms with van der Waals surface area (Å²) in [7, 11) is 2.66. The molecule has 0 fully saturated rings. The zero-order valence-corrected chi connectivity index (χ0v) is 18.6. The fraction of sp³-hybridized carbons (Fsp3) is 0.200. The van der Waals surface area contributed by atoms with E-state index in [1.807, 2.05) is 23.6 Å². The molecule has 8 nitrogen and oxygen atoms in total. The van der Waals surface area contributed by atoms with Gasteiger partial charge in [-0.3, -0.25) is 5.43 Å². The average molecular weight is 447 g/mol. The van der Waals surface area contributed by atoms with Crippen LogP contribution in [-0.2, 0) is 10.0 Å². The average Bonchev–Trinajstić information content (AvgIpc) is 3.22. The van der Waals surface area contributed by atoms with Gasteiger partial charge in [0.05, 0.1) is 31.0 Å². The molecule has 0 atom stereocenters. The first-order valence-corrected chi connectivity index (χ1v) is 11.2. The van der Waals surface area contributed by atoms with Crippen LogP contribution in [0.15, 0.2) is 57.8 Å². The Morgan fingerprint density at radius 2 is 1.87 bits per heavy atom. The van der Waals surface area contributed by atoms with E-state index >= 15 is 0 Å². The van der Waals surface area contributed by atoms with Crippen LogP contribution in [0.25, 0.3) is 11.3 Å². The summed E-state index contributed by atoms with van der Waals surface area (Å²) in [6.07, 6.45) is 1.65. The highest BCUT2D eigenvalue weighted by Crippen LogP contribution is 2.28. The van der Waals surface area contributed by atoms with Gasteiger partial charge in [-0.2, -0.15) is 5.10 Å². The summed E-state index contributed by atoms with van der Waals surface area (Å²) in [6.45, 7) is 0. The number of methoxy groups -OCH3 is 2. The maximum atomic E-state index is 12.3. The summed E-state index contributed by atoms with van der Waals surface area (Å²) in [4.78, 5) is 4.70. The molecular weight excluding hydrogens is 424 g/mol. The molecule has 0 amide bonds. The largest absolute Gasteiger partial charge is 0.493 e. The number of rotatable bonds is 8. The molecule has 30 heavy (non-hydrogen) atoms. The summed E-state index contributed by atoms with van der Waals surface area (Å²) in [5, 5.41) is 6.63. The monoisotopic (exact) mass is 446 g/mol. The van der Waals surface area contributed by atoms with Crippen molar-refractivity contribution in [3.05, 3.63) is 53.4 Å². The van der Waals surface area contributed by atoms with Gasteiger partial charge in [-0.15, -0.1) is 11.3 Å². The number of nitrogens with one attached hydrogen (secondary N) is 1. The lowest BCUT2D eigenvalue weighted by Crippen LogP contribution is -2.22. The Morgan fingerprint density at radius 1 is 1.10 bits per heavy atom. The van der Waals surface area contributed by atoms with E-state index < -0.39 is 10.0 Å². The molecular formula is C20H22N4O4S2. The van der Waals surface area contributed by atoms with Gasteiger partial charge in [0.15, 0.2) is 11.5 Å². The molecule has 0 aliphatic carbocycles. The maximum Gasteiger partial charge on any atom is 0.242 e. The lowest BCUT2D eigenvalue weighted by atomic mass is 10.2. The van der Waals surface area contributed by atoms with Crippen molar-refractivity contribution in [1.29, 1.82) is 0 Å². The molecule has 0 spiro atoms. The first kappa shape index (κ1) is 21.8. The number of hydrazone groups is 1. The number of hydrogen-bond acceptors (Lipinski definition) is 8. The standard InChI is InChI=1S/C20H22N4O4S2/c1-24(2)30(25,26)16-7-5-6-15(11-16)17-13-29-20(22-17)23-21-12-14-8-9-18(27-3)19(10-14)28-4/h5-13H,1-4H3,(H,22,23)/b21-12+. The molecule has 2 aromatic carbocycles. The van der Waals surface area contributed by atoms with Gasteiger partial charge in [0.1, 0.15) is 0 Å². The smallest absolute Gasteiger partial charge is 0.242 e. The van der Waals surface area contributed by atoms with E-state index in [1.165, 1.54) is 29.7 Å². The van der Waals surface area contributed by atoms with E-state index in [0.29, 0.717) is 27.9 Å². The highest BCUT2D eigenvalue weighted by molar-refractivity contribution is 7.89. The van der Waals surface area contributed by atoms with Gasteiger partial charge < -0.3 is 9.47 Å². The number of sulfonamides is 1. The summed E-state index contributed by atoms with van der Waals surface area (Å²) >= 11 is 1.37. The molecule has 3 aromatic rings.